The number of hydrogen-bond acceptors (Lipinski definition) is 2. The van der Waals surface area contributed by atoms with Gasteiger partial charge in [0.2, 0.25) is 5.91 Å². The van der Waals surface area contributed by atoms with Gasteiger partial charge in [0.25, 0.3) is 0 Å². The zero-order chi connectivity index (χ0) is 18.6. The number of benzene rings is 2. The molecule has 0 heterocycles. The molecule has 132 valence electrons. The quantitative estimate of drug-likeness (QED) is 0.594. The van der Waals surface area contributed by atoms with Crippen LogP contribution in [0, 0.1) is 0 Å². The highest BCUT2D eigenvalue weighted by molar-refractivity contribution is 6.44. The largest absolute Gasteiger partial charge is 0.331 e. The predicted octanol–water partition coefficient (Wildman–Crippen LogP) is 5.49. The summed E-state index contributed by atoms with van der Waals surface area (Å²) < 4.78 is 0. The number of carbonyl (C=O) groups excluding carboxylic acids is 2. The summed E-state index contributed by atoms with van der Waals surface area (Å²) in [4.78, 5) is 23.3. The smallest absolute Gasteiger partial charge is 0.319 e. The zero-order valence-electron chi connectivity index (χ0n) is 13.5. The summed E-state index contributed by atoms with van der Waals surface area (Å²) in [5, 5.41) is 9.00. The molecule has 2 aromatic carbocycles. The van der Waals surface area contributed by atoms with E-state index in [-0.39, 0.29) is 22.0 Å². The van der Waals surface area contributed by atoms with Crippen molar-refractivity contribution in [2.24, 2.45) is 0 Å². The van der Waals surface area contributed by atoms with Crippen LogP contribution in [0.25, 0.3) is 0 Å². The second kappa shape index (κ2) is 8.43. The van der Waals surface area contributed by atoms with Gasteiger partial charge in [0.1, 0.15) is 0 Å². The van der Waals surface area contributed by atoms with Crippen LogP contribution in [-0.2, 0) is 4.79 Å². The Labute approximate surface area is 160 Å². The summed E-state index contributed by atoms with van der Waals surface area (Å²) in [5.41, 5.74) is 1.85. The molecule has 0 radical (unpaired) electrons. The molecule has 25 heavy (non-hydrogen) atoms. The highest BCUT2D eigenvalue weighted by Gasteiger charge is 2.13. The average molecular weight is 401 g/mol. The number of amides is 3. The SMILES string of the molecule is CC(=O)Nc1cccc([C@@H](C)NC(=O)Nc2cc(Cl)c(Cl)cc2Cl)c1. The molecule has 0 spiro atoms. The summed E-state index contributed by atoms with van der Waals surface area (Å²) in [7, 11) is 0. The molecule has 0 aliphatic heterocycles. The van der Waals surface area contributed by atoms with Gasteiger partial charge in [-0.05, 0) is 36.8 Å². The number of halogens is 3. The Morgan fingerprint density at radius 1 is 0.960 bits per heavy atom. The van der Waals surface area contributed by atoms with E-state index in [0.29, 0.717) is 16.4 Å². The van der Waals surface area contributed by atoms with Gasteiger partial charge in [-0.1, -0.05) is 46.9 Å². The third-order valence-electron chi connectivity index (χ3n) is 3.31. The van der Waals surface area contributed by atoms with E-state index in [2.05, 4.69) is 16.0 Å². The standard InChI is InChI=1S/C17H16Cl3N3O2/c1-9(11-4-3-5-12(6-11)22-10(2)24)21-17(25)23-16-8-14(19)13(18)7-15(16)20/h3-9H,1-2H3,(H,22,24)(H2,21,23,25)/t9-/m1/s1. The predicted molar refractivity (Wildman–Crippen MR) is 103 cm³/mol. The number of anilines is 2. The number of urea groups is 1. The molecule has 0 fully saturated rings. The maximum absolute atomic E-state index is 12.2. The second-order valence-corrected chi connectivity index (χ2v) is 6.59. The maximum Gasteiger partial charge on any atom is 0.319 e. The van der Waals surface area contributed by atoms with Gasteiger partial charge < -0.3 is 16.0 Å². The van der Waals surface area contributed by atoms with Crippen molar-refractivity contribution in [3.63, 3.8) is 0 Å². The molecule has 0 aliphatic carbocycles. The molecule has 3 N–H and O–H groups in total. The molecule has 0 saturated heterocycles. The fourth-order valence-corrected chi connectivity index (χ4v) is 2.74. The molecule has 1 atom stereocenters. The van der Waals surface area contributed by atoms with E-state index in [0.717, 1.165) is 5.56 Å². The van der Waals surface area contributed by atoms with E-state index in [1.165, 1.54) is 19.1 Å². The van der Waals surface area contributed by atoms with Crippen LogP contribution >= 0.6 is 34.8 Å². The van der Waals surface area contributed by atoms with E-state index in [1.54, 1.807) is 18.2 Å². The first kappa shape index (κ1) is 19.4. The Morgan fingerprint density at radius 3 is 2.32 bits per heavy atom. The van der Waals surface area contributed by atoms with Gasteiger partial charge in [-0.15, -0.1) is 0 Å². The Kier molecular flexibility index (Phi) is 6.53. The molecule has 2 aromatic rings. The van der Waals surface area contributed by atoms with Gasteiger partial charge >= 0.3 is 6.03 Å². The van der Waals surface area contributed by atoms with Gasteiger partial charge in [0, 0.05) is 12.6 Å². The first-order valence-electron chi connectivity index (χ1n) is 7.36. The number of rotatable bonds is 4. The molecule has 0 aromatic heterocycles. The molecular formula is C17H16Cl3N3O2. The van der Waals surface area contributed by atoms with Crippen molar-refractivity contribution in [3.05, 3.63) is 57.0 Å². The topological polar surface area (TPSA) is 70.2 Å². The number of nitrogens with one attached hydrogen (secondary N) is 3. The van der Waals surface area contributed by atoms with Gasteiger partial charge in [0.05, 0.1) is 26.8 Å². The Hall–Kier alpha value is -1.95. The van der Waals surface area contributed by atoms with E-state index in [9.17, 15) is 9.59 Å². The number of carbonyl (C=O) groups is 2. The van der Waals surface area contributed by atoms with E-state index >= 15 is 0 Å². The van der Waals surface area contributed by atoms with Crippen molar-refractivity contribution in [1.82, 2.24) is 5.32 Å². The molecule has 0 unspecified atom stereocenters. The van der Waals surface area contributed by atoms with Crippen LogP contribution in [0.1, 0.15) is 25.5 Å². The van der Waals surface area contributed by atoms with E-state index in [1.807, 2.05) is 13.0 Å². The Bertz CT molecular complexity index is 812. The number of hydrogen-bond donors (Lipinski definition) is 3. The van der Waals surface area contributed by atoms with Crippen LogP contribution < -0.4 is 16.0 Å². The van der Waals surface area contributed by atoms with Crippen molar-refractivity contribution in [2.45, 2.75) is 19.9 Å². The van der Waals surface area contributed by atoms with Crippen LogP contribution in [0.3, 0.4) is 0 Å². The van der Waals surface area contributed by atoms with Crippen LogP contribution in [0.2, 0.25) is 15.1 Å². The van der Waals surface area contributed by atoms with Crippen molar-refractivity contribution in [2.75, 3.05) is 10.6 Å². The Morgan fingerprint density at radius 2 is 1.64 bits per heavy atom. The zero-order valence-corrected chi connectivity index (χ0v) is 15.8. The fraction of sp³-hybridized carbons (Fsp3) is 0.176. The molecule has 2 rings (SSSR count). The summed E-state index contributed by atoms with van der Waals surface area (Å²) in [5.74, 6) is -0.162. The summed E-state index contributed by atoms with van der Waals surface area (Å²) in [6, 6.07) is 9.41. The lowest BCUT2D eigenvalue weighted by Crippen LogP contribution is -2.31. The van der Waals surface area contributed by atoms with Crippen molar-refractivity contribution in [1.29, 1.82) is 0 Å². The molecule has 0 bridgehead atoms. The van der Waals surface area contributed by atoms with Gasteiger partial charge in [-0.25, -0.2) is 4.79 Å². The van der Waals surface area contributed by atoms with Crippen molar-refractivity contribution in [3.8, 4) is 0 Å². The molecule has 8 heteroatoms. The first-order valence-corrected chi connectivity index (χ1v) is 8.49. The average Bonchev–Trinajstić information content (AvgIpc) is 2.52. The van der Waals surface area contributed by atoms with Gasteiger partial charge in [0.15, 0.2) is 0 Å². The lowest BCUT2D eigenvalue weighted by Gasteiger charge is -2.17. The fourth-order valence-electron chi connectivity index (χ4n) is 2.15. The summed E-state index contributed by atoms with van der Waals surface area (Å²) >= 11 is 17.8. The highest BCUT2D eigenvalue weighted by Crippen LogP contribution is 2.32. The minimum Gasteiger partial charge on any atom is -0.331 e. The van der Waals surface area contributed by atoms with Crippen LogP contribution in [-0.4, -0.2) is 11.9 Å². The third kappa shape index (κ3) is 5.53. The monoisotopic (exact) mass is 399 g/mol. The molecule has 0 saturated carbocycles. The first-order chi connectivity index (χ1) is 11.8. The lowest BCUT2D eigenvalue weighted by atomic mass is 10.1. The Balaban J connectivity index is 2.05. The van der Waals surface area contributed by atoms with Gasteiger partial charge in [-0.2, -0.15) is 0 Å². The maximum atomic E-state index is 12.2. The summed E-state index contributed by atoms with van der Waals surface area (Å²) in [6.45, 7) is 3.26. The van der Waals surface area contributed by atoms with Gasteiger partial charge in [-0.3, -0.25) is 4.79 Å². The lowest BCUT2D eigenvalue weighted by molar-refractivity contribution is -0.114. The van der Waals surface area contributed by atoms with Crippen molar-refractivity contribution >= 4 is 58.1 Å². The van der Waals surface area contributed by atoms with Crippen LogP contribution in [0.4, 0.5) is 16.2 Å². The minimum atomic E-state index is -0.447. The summed E-state index contributed by atoms with van der Waals surface area (Å²) in [6.07, 6.45) is 0. The van der Waals surface area contributed by atoms with Crippen LogP contribution in [0.5, 0.6) is 0 Å². The van der Waals surface area contributed by atoms with Crippen LogP contribution in [0.15, 0.2) is 36.4 Å². The second-order valence-electron chi connectivity index (χ2n) is 5.37. The van der Waals surface area contributed by atoms with E-state index in [4.69, 9.17) is 34.8 Å². The molecule has 0 aliphatic rings. The van der Waals surface area contributed by atoms with Crippen molar-refractivity contribution < 1.29 is 9.59 Å². The minimum absolute atomic E-state index is 0.162. The third-order valence-corrected chi connectivity index (χ3v) is 4.35. The highest BCUT2D eigenvalue weighted by atomic mass is 35.5. The molecular weight excluding hydrogens is 385 g/mol. The molecule has 3 amide bonds. The van der Waals surface area contributed by atoms with E-state index < -0.39 is 6.03 Å². The normalized spacial score (nSPS) is 11.6. The molecule has 5 nitrogen and oxygen atoms in total.